The molecule has 0 bridgehead atoms. The molecular formula is C22H27N3O2. The Labute approximate surface area is 160 Å². The van der Waals surface area contributed by atoms with Crippen molar-refractivity contribution in [2.45, 2.75) is 32.2 Å². The lowest BCUT2D eigenvalue weighted by atomic mass is 9.85. The fraction of sp³-hybridized carbons (Fsp3) is 0.364. The van der Waals surface area contributed by atoms with E-state index >= 15 is 0 Å². The zero-order valence-corrected chi connectivity index (χ0v) is 15.9. The second kappa shape index (κ2) is 8.71. The van der Waals surface area contributed by atoms with Crippen molar-refractivity contribution in [3.05, 3.63) is 65.7 Å². The maximum atomic E-state index is 12.4. The first kappa shape index (κ1) is 19.0. The van der Waals surface area contributed by atoms with E-state index < -0.39 is 0 Å². The standard InChI is InChI=1S/C22H27N3O2/c1-16(25(2)22(27)23-15-17-8-6-9-17)19-12-7-13-20(14-19)24-21(26)18-10-4-3-5-11-18/h3-5,7,10-14,16-17H,6,8-9,15H2,1-2H3,(H,23,27)(H,24,26)/t16-/m1/s1. The Morgan fingerprint density at radius 1 is 1.11 bits per heavy atom. The van der Waals surface area contributed by atoms with Crippen molar-refractivity contribution in [3.63, 3.8) is 0 Å². The normalized spacial score (nSPS) is 14.7. The van der Waals surface area contributed by atoms with Crippen LogP contribution in [0.25, 0.3) is 0 Å². The smallest absolute Gasteiger partial charge is 0.317 e. The van der Waals surface area contributed by atoms with Gasteiger partial charge in [0.15, 0.2) is 0 Å². The van der Waals surface area contributed by atoms with E-state index in [0.29, 0.717) is 11.5 Å². The minimum atomic E-state index is -0.146. The van der Waals surface area contributed by atoms with Crippen LogP contribution in [0.5, 0.6) is 0 Å². The highest BCUT2D eigenvalue weighted by Gasteiger charge is 2.21. The second-order valence-electron chi connectivity index (χ2n) is 7.22. The molecule has 0 spiro atoms. The van der Waals surface area contributed by atoms with E-state index in [1.807, 2.05) is 49.4 Å². The molecule has 2 N–H and O–H groups in total. The Bertz CT molecular complexity index is 787. The molecule has 2 aromatic carbocycles. The minimum absolute atomic E-state index is 0.0619. The Hall–Kier alpha value is -2.82. The SMILES string of the molecule is C[C@H](c1cccc(NC(=O)c2ccccc2)c1)N(C)C(=O)NCC1CCC1. The van der Waals surface area contributed by atoms with Gasteiger partial charge >= 0.3 is 6.03 Å². The molecule has 1 aliphatic rings. The maximum Gasteiger partial charge on any atom is 0.317 e. The van der Waals surface area contributed by atoms with Gasteiger partial charge in [0.2, 0.25) is 0 Å². The summed E-state index contributed by atoms with van der Waals surface area (Å²) < 4.78 is 0. The summed E-state index contributed by atoms with van der Waals surface area (Å²) in [4.78, 5) is 26.4. The van der Waals surface area contributed by atoms with Crippen LogP contribution in [0.15, 0.2) is 54.6 Å². The van der Waals surface area contributed by atoms with Crippen LogP contribution >= 0.6 is 0 Å². The summed E-state index contributed by atoms with van der Waals surface area (Å²) in [5, 5.41) is 5.94. The van der Waals surface area contributed by atoms with Crippen LogP contribution in [0.2, 0.25) is 0 Å². The Balaban J connectivity index is 1.61. The molecule has 1 saturated carbocycles. The predicted molar refractivity (Wildman–Crippen MR) is 108 cm³/mol. The molecule has 142 valence electrons. The number of carbonyl (C=O) groups is 2. The summed E-state index contributed by atoms with van der Waals surface area (Å²) >= 11 is 0. The van der Waals surface area contributed by atoms with Crippen molar-refractivity contribution < 1.29 is 9.59 Å². The summed E-state index contributed by atoms with van der Waals surface area (Å²) in [7, 11) is 1.80. The topological polar surface area (TPSA) is 61.4 Å². The number of carbonyl (C=O) groups excluding carboxylic acids is 2. The number of anilines is 1. The summed E-state index contributed by atoms with van der Waals surface area (Å²) in [6, 6.07) is 16.6. The molecular weight excluding hydrogens is 338 g/mol. The average Bonchev–Trinajstić information content (AvgIpc) is 2.66. The van der Waals surface area contributed by atoms with E-state index in [1.54, 1.807) is 24.1 Å². The monoisotopic (exact) mass is 365 g/mol. The third kappa shape index (κ3) is 4.88. The van der Waals surface area contributed by atoms with Crippen molar-refractivity contribution in [1.29, 1.82) is 0 Å². The number of amides is 3. The van der Waals surface area contributed by atoms with Gasteiger partial charge in [0, 0.05) is 24.8 Å². The fourth-order valence-electron chi connectivity index (χ4n) is 3.12. The van der Waals surface area contributed by atoms with Crippen molar-refractivity contribution >= 4 is 17.6 Å². The predicted octanol–water partition coefficient (Wildman–Crippen LogP) is 4.44. The van der Waals surface area contributed by atoms with Crippen molar-refractivity contribution in [1.82, 2.24) is 10.2 Å². The largest absolute Gasteiger partial charge is 0.338 e. The number of hydrogen-bond donors (Lipinski definition) is 2. The fourth-order valence-corrected chi connectivity index (χ4v) is 3.12. The number of rotatable bonds is 6. The summed E-state index contributed by atoms with van der Waals surface area (Å²) in [6.45, 7) is 2.74. The van der Waals surface area contributed by atoms with Gasteiger partial charge in [-0.3, -0.25) is 4.79 Å². The third-order valence-corrected chi connectivity index (χ3v) is 5.33. The molecule has 0 aromatic heterocycles. The molecule has 3 rings (SSSR count). The van der Waals surface area contributed by atoms with Crippen LogP contribution < -0.4 is 10.6 Å². The van der Waals surface area contributed by atoms with Crippen LogP contribution in [-0.4, -0.2) is 30.4 Å². The van der Waals surface area contributed by atoms with E-state index in [-0.39, 0.29) is 18.0 Å². The van der Waals surface area contributed by atoms with Gasteiger partial charge in [-0.2, -0.15) is 0 Å². The Kier molecular flexibility index (Phi) is 6.12. The summed E-state index contributed by atoms with van der Waals surface area (Å²) in [5.41, 5.74) is 2.31. The molecule has 0 saturated heterocycles. The van der Waals surface area contributed by atoms with Crippen molar-refractivity contribution in [2.75, 3.05) is 18.9 Å². The van der Waals surface area contributed by atoms with Crippen molar-refractivity contribution in [3.8, 4) is 0 Å². The van der Waals surface area contributed by atoms with Crippen LogP contribution in [-0.2, 0) is 0 Å². The molecule has 0 unspecified atom stereocenters. The quantitative estimate of drug-likeness (QED) is 0.795. The van der Waals surface area contributed by atoms with E-state index in [4.69, 9.17) is 0 Å². The lowest BCUT2D eigenvalue weighted by Gasteiger charge is -2.29. The van der Waals surface area contributed by atoms with E-state index in [0.717, 1.165) is 17.8 Å². The van der Waals surface area contributed by atoms with Gasteiger partial charge in [0.05, 0.1) is 6.04 Å². The van der Waals surface area contributed by atoms with Crippen LogP contribution in [0.1, 0.15) is 48.1 Å². The number of nitrogens with zero attached hydrogens (tertiary/aromatic N) is 1. The lowest BCUT2D eigenvalue weighted by Crippen LogP contribution is -2.41. The molecule has 1 atom stereocenters. The Morgan fingerprint density at radius 3 is 2.52 bits per heavy atom. The number of urea groups is 1. The lowest BCUT2D eigenvalue weighted by molar-refractivity contribution is 0.102. The van der Waals surface area contributed by atoms with Gasteiger partial charge in [-0.15, -0.1) is 0 Å². The Morgan fingerprint density at radius 2 is 1.85 bits per heavy atom. The van der Waals surface area contributed by atoms with Crippen LogP contribution in [0.4, 0.5) is 10.5 Å². The zero-order valence-electron chi connectivity index (χ0n) is 15.9. The molecule has 1 aliphatic carbocycles. The summed E-state index contributed by atoms with van der Waals surface area (Å²) in [6.07, 6.45) is 3.69. The first-order chi connectivity index (χ1) is 13.0. The molecule has 1 fully saturated rings. The number of hydrogen-bond acceptors (Lipinski definition) is 2. The zero-order chi connectivity index (χ0) is 19.2. The van der Waals surface area contributed by atoms with Gasteiger partial charge < -0.3 is 15.5 Å². The molecule has 0 heterocycles. The summed E-state index contributed by atoms with van der Waals surface area (Å²) in [5.74, 6) is 0.487. The van der Waals surface area contributed by atoms with Gasteiger partial charge in [-0.25, -0.2) is 4.79 Å². The van der Waals surface area contributed by atoms with Gasteiger partial charge in [-0.05, 0) is 55.5 Å². The molecule has 2 aromatic rings. The number of benzene rings is 2. The molecule has 27 heavy (non-hydrogen) atoms. The maximum absolute atomic E-state index is 12.4. The minimum Gasteiger partial charge on any atom is -0.338 e. The first-order valence-corrected chi connectivity index (χ1v) is 9.51. The van der Waals surface area contributed by atoms with Crippen molar-refractivity contribution in [2.24, 2.45) is 5.92 Å². The van der Waals surface area contributed by atoms with E-state index in [1.165, 1.54) is 19.3 Å². The molecule has 0 radical (unpaired) electrons. The van der Waals surface area contributed by atoms with Crippen LogP contribution in [0, 0.1) is 5.92 Å². The van der Waals surface area contributed by atoms with Gasteiger partial charge in [0.25, 0.3) is 5.91 Å². The van der Waals surface area contributed by atoms with Crippen LogP contribution in [0.3, 0.4) is 0 Å². The van der Waals surface area contributed by atoms with Gasteiger partial charge in [-0.1, -0.05) is 36.8 Å². The third-order valence-electron chi connectivity index (χ3n) is 5.33. The number of nitrogens with one attached hydrogen (secondary N) is 2. The highest BCUT2D eigenvalue weighted by molar-refractivity contribution is 6.04. The van der Waals surface area contributed by atoms with E-state index in [2.05, 4.69) is 10.6 Å². The van der Waals surface area contributed by atoms with E-state index in [9.17, 15) is 9.59 Å². The van der Waals surface area contributed by atoms with Gasteiger partial charge in [0.1, 0.15) is 0 Å². The molecule has 3 amide bonds. The highest BCUT2D eigenvalue weighted by atomic mass is 16.2. The second-order valence-corrected chi connectivity index (χ2v) is 7.22. The highest BCUT2D eigenvalue weighted by Crippen LogP contribution is 2.26. The molecule has 5 heteroatoms. The first-order valence-electron chi connectivity index (χ1n) is 9.51. The molecule has 0 aliphatic heterocycles. The average molecular weight is 365 g/mol. The molecule has 5 nitrogen and oxygen atoms in total.